The first kappa shape index (κ1) is 19.9. The Morgan fingerprint density at radius 1 is 1.11 bits per heavy atom. The fraction of sp³-hybridized carbons (Fsp3) is 0.316. The van der Waals surface area contributed by atoms with Gasteiger partial charge in [0, 0.05) is 25.2 Å². The highest BCUT2D eigenvalue weighted by atomic mass is 19.4. The molecule has 3 rings (SSSR count). The zero-order valence-electron chi connectivity index (χ0n) is 14.9. The van der Waals surface area contributed by atoms with E-state index < -0.39 is 23.6 Å². The SMILES string of the molecule is O=C(NCc1ccccc1F)Nc1cc(C(F)(F)F)ccc1N1CCOCC1. The van der Waals surface area contributed by atoms with Crippen LogP contribution in [0.15, 0.2) is 42.5 Å². The van der Waals surface area contributed by atoms with Crippen LogP contribution >= 0.6 is 0 Å². The molecule has 1 heterocycles. The van der Waals surface area contributed by atoms with E-state index in [-0.39, 0.29) is 17.8 Å². The van der Waals surface area contributed by atoms with E-state index >= 15 is 0 Å². The molecule has 0 aromatic heterocycles. The molecule has 2 N–H and O–H groups in total. The van der Waals surface area contributed by atoms with E-state index in [4.69, 9.17) is 4.74 Å². The number of nitrogens with zero attached hydrogens (tertiary/aromatic N) is 1. The third-order valence-corrected chi connectivity index (χ3v) is 4.32. The Hall–Kier alpha value is -2.81. The van der Waals surface area contributed by atoms with Crippen molar-refractivity contribution in [3.8, 4) is 0 Å². The number of nitrogens with one attached hydrogen (secondary N) is 2. The van der Waals surface area contributed by atoms with Gasteiger partial charge in [-0.15, -0.1) is 0 Å². The Balaban J connectivity index is 1.77. The topological polar surface area (TPSA) is 53.6 Å². The van der Waals surface area contributed by atoms with Crippen molar-refractivity contribution in [3.63, 3.8) is 0 Å². The van der Waals surface area contributed by atoms with E-state index in [1.54, 1.807) is 6.07 Å². The summed E-state index contributed by atoms with van der Waals surface area (Å²) in [6.45, 7) is 1.79. The lowest BCUT2D eigenvalue weighted by atomic mass is 10.1. The van der Waals surface area contributed by atoms with E-state index in [0.29, 0.717) is 32.0 Å². The van der Waals surface area contributed by atoms with Gasteiger partial charge in [0.05, 0.1) is 30.2 Å². The van der Waals surface area contributed by atoms with E-state index in [1.807, 2.05) is 4.90 Å². The molecule has 0 saturated carbocycles. The molecule has 0 atom stereocenters. The second kappa shape index (κ2) is 8.47. The Kier molecular flexibility index (Phi) is 6.03. The largest absolute Gasteiger partial charge is 0.416 e. The number of alkyl halides is 3. The van der Waals surface area contributed by atoms with Crippen LogP contribution in [0.25, 0.3) is 0 Å². The summed E-state index contributed by atoms with van der Waals surface area (Å²) in [6.07, 6.45) is -4.54. The van der Waals surface area contributed by atoms with Gasteiger partial charge >= 0.3 is 12.2 Å². The minimum absolute atomic E-state index is 0.0303. The Morgan fingerprint density at radius 2 is 1.82 bits per heavy atom. The van der Waals surface area contributed by atoms with Gasteiger partial charge < -0.3 is 20.3 Å². The summed E-state index contributed by atoms with van der Waals surface area (Å²) in [5.74, 6) is -0.476. The minimum Gasteiger partial charge on any atom is -0.378 e. The summed E-state index contributed by atoms with van der Waals surface area (Å²) in [6, 6.07) is 8.41. The molecule has 1 aliphatic rings. The lowest BCUT2D eigenvalue weighted by Crippen LogP contribution is -2.37. The highest BCUT2D eigenvalue weighted by Crippen LogP contribution is 2.35. The molecule has 0 aliphatic carbocycles. The van der Waals surface area contributed by atoms with Gasteiger partial charge in [0.25, 0.3) is 0 Å². The van der Waals surface area contributed by atoms with Gasteiger partial charge in [-0.3, -0.25) is 0 Å². The number of halogens is 4. The Labute approximate surface area is 159 Å². The second-order valence-electron chi connectivity index (χ2n) is 6.23. The number of carbonyl (C=O) groups excluding carboxylic acids is 1. The normalized spacial score (nSPS) is 14.6. The Morgan fingerprint density at radius 3 is 2.50 bits per heavy atom. The van der Waals surface area contributed by atoms with Gasteiger partial charge in [-0.25, -0.2) is 9.18 Å². The van der Waals surface area contributed by atoms with E-state index in [1.165, 1.54) is 24.3 Å². The molecule has 0 bridgehead atoms. The van der Waals surface area contributed by atoms with E-state index in [2.05, 4.69) is 10.6 Å². The van der Waals surface area contributed by atoms with Gasteiger partial charge in [-0.05, 0) is 24.3 Å². The van der Waals surface area contributed by atoms with Crippen LogP contribution in [0, 0.1) is 5.82 Å². The molecule has 0 unspecified atom stereocenters. The quantitative estimate of drug-likeness (QED) is 0.767. The van der Waals surface area contributed by atoms with Crippen molar-refractivity contribution in [1.29, 1.82) is 0 Å². The van der Waals surface area contributed by atoms with Crippen molar-refractivity contribution in [2.75, 3.05) is 36.5 Å². The number of amides is 2. The number of anilines is 2. The van der Waals surface area contributed by atoms with Crippen molar-refractivity contribution in [2.24, 2.45) is 0 Å². The lowest BCUT2D eigenvalue weighted by Gasteiger charge is -2.31. The zero-order valence-corrected chi connectivity index (χ0v) is 14.9. The molecule has 1 fully saturated rings. The van der Waals surface area contributed by atoms with Gasteiger partial charge in [0.1, 0.15) is 5.82 Å². The number of carbonyl (C=O) groups is 1. The molecule has 1 saturated heterocycles. The van der Waals surface area contributed by atoms with Crippen LogP contribution in [0.3, 0.4) is 0 Å². The predicted octanol–water partition coefficient (Wildman–Crippen LogP) is 4.00. The van der Waals surface area contributed by atoms with Crippen molar-refractivity contribution < 1.29 is 27.1 Å². The number of benzene rings is 2. The summed E-state index contributed by atoms with van der Waals surface area (Å²) in [7, 11) is 0. The molecule has 2 aromatic rings. The third-order valence-electron chi connectivity index (χ3n) is 4.32. The van der Waals surface area contributed by atoms with Crippen molar-refractivity contribution in [2.45, 2.75) is 12.7 Å². The molecule has 28 heavy (non-hydrogen) atoms. The van der Waals surface area contributed by atoms with Gasteiger partial charge in [-0.2, -0.15) is 13.2 Å². The molecule has 2 amide bonds. The number of hydrogen-bond acceptors (Lipinski definition) is 3. The standard InChI is InChI=1S/C19H19F4N3O2/c20-15-4-2-1-3-13(15)12-24-18(27)25-16-11-14(19(21,22)23)5-6-17(16)26-7-9-28-10-8-26/h1-6,11H,7-10,12H2,(H2,24,25,27). The van der Waals surface area contributed by atoms with E-state index in [9.17, 15) is 22.4 Å². The smallest absolute Gasteiger partial charge is 0.378 e. The van der Waals surface area contributed by atoms with Crippen LogP contribution in [0.4, 0.5) is 33.7 Å². The fourth-order valence-electron chi connectivity index (χ4n) is 2.88. The van der Waals surface area contributed by atoms with Crippen molar-refractivity contribution in [1.82, 2.24) is 5.32 Å². The van der Waals surface area contributed by atoms with Crippen LogP contribution < -0.4 is 15.5 Å². The second-order valence-corrected chi connectivity index (χ2v) is 6.23. The molecule has 2 aromatic carbocycles. The number of urea groups is 1. The molecular formula is C19H19F4N3O2. The van der Waals surface area contributed by atoms with Crippen LogP contribution in [0.5, 0.6) is 0 Å². The van der Waals surface area contributed by atoms with Crippen LogP contribution in [-0.2, 0) is 17.5 Å². The maximum Gasteiger partial charge on any atom is 0.416 e. The average Bonchev–Trinajstić information content (AvgIpc) is 2.67. The summed E-state index contributed by atoms with van der Waals surface area (Å²) >= 11 is 0. The number of morpholine rings is 1. The molecule has 5 nitrogen and oxygen atoms in total. The molecule has 0 radical (unpaired) electrons. The maximum atomic E-state index is 13.6. The molecule has 9 heteroatoms. The summed E-state index contributed by atoms with van der Waals surface area (Å²) in [5.41, 5.74) is -0.0934. The van der Waals surface area contributed by atoms with E-state index in [0.717, 1.165) is 12.1 Å². The first-order chi connectivity index (χ1) is 13.3. The van der Waals surface area contributed by atoms with Crippen LogP contribution in [0.1, 0.15) is 11.1 Å². The summed E-state index contributed by atoms with van der Waals surface area (Å²) in [4.78, 5) is 14.1. The van der Waals surface area contributed by atoms with Crippen LogP contribution in [-0.4, -0.2) is 32.3 Å². The molecule has 150 valence electrons. The molecule has 0 spiro atoms. The number of ether oxygens (including phenoxy) is 1. The zero-order chi connectivity index (χ0) is 20.1. The van der Waals surface area contributed by atoms with Gasteiger partial charge in [-0.1, -0.05) is 18.2 Å². The monoisotopic (exact) mass is 397 g/mol. The maximum absolute atomic E-state index is 13.6. The fourth-order valence-corrected chi connectivity index (χ4v) is 2.88. The number of rotatable bonds is 4. The minimum atomic E-state index is -4.54. The lowest BCUT2D eigenvalue weighted by molar-refractivity contribution is -0.137. The first-order valence-corrected chi connectivity index (χ1v) is 8.67. The summed E-state index contributed by atoms with van der Waals surface area (Å²) in [5, 5.41) is 4.92. The van der Waals surface area contributed by atoms with Crippen molar-refractivity contribution in [3.05, 3.63) is 59.4 Å². The average molecular weight is 397 g/mol. The molecule has 1 aliphatic heterocycles. The van der Waals surface area contributed by atoms with Crippen molar-refractivity contribution >= 4 is 17.4 Å². The third kappa shape index (κ3) is 4.92. The predicted molar refractivity (Wildman–Crippen MR) is 96.7 cm³/mol. The number of hydrogen-bond donors (Lipinski definition) is 2. The summed E-state index contributed by atoms with van der Waals surface area (Å²) < 4.78 is 58.2. The van der Waals surface area contributed by atoms with Gasteiger partial charge in [0.2, 0.25) is 0 Å². The van der Waals surface area contributed by atoms with Gasteiger partial charge in [0.15, 0.2) is 0 Å². The highest BCUT2D eigenvalue weighted by molar-refractivity contribution is 5.93. The van der Waals surface area contributed by atoms with Crippen LogP contribution in [0.2, 0.25) is 0 Å². The Bertz CT molecular complexity index is 836. The first-order valence-electron chi connectivity index (χ1n) is 8.67. The molecular weight excluding hydrogens is 378 g/mol. The highest BCUT2D eigenvalue weighted by Gasteiger charge is 2.32.